The average Bonchev–Trinajstić information content (AvgIpc) is 3.31. The minimum atomic E-state index is 0.0545. The Morgan fingerprint density at radius 1 is 1.23 bits per heavy atom. The predicted molar refractivity (Wildman–Crippen MR) is 102 cm³/mol. The maximum Gasteiger partial charge on any atom is 0.273 e. The largest absolute Gasteiger partial charge is 0.338 e. The fraction of sp³-hybridized carbons (Fsp3) is 0.350. The van der Waals surface area contributed by atoms with E-state index in [0.717, 1.165) is 43.2 Å². The summed E-state index contributed by atoms with van der Waals surface area (Å²) < 4.78 is 2.08. The van der Waals surface area contributed by atoms with E-state index in [1.807, 2.05) is 47.9 Å². The van der Waals surface area contributed by atoms with Gasteiger partial charge >= 0.3 is 0 Å². The zero-order valence-electron chi connectivity index (χ0n) is 14.8. The van der Waals surface area contributed by atoms with Gasteiger partial charge < -0.3 is 9.47 Å². The normalized spacial score (nSPS) is 15.3. The van der Waals surface area contributed by atoms with E-state index >= 15 is 0 Å². The van der Waals surface area contributed by atoms with Gasteiger partial charge in [0, 0.05) is 50.2 Å². The first kappa shape index (κ1) is 17.0. The van der Waals surface area contributed by atoms with E-state index in [1.165, 1.54) is 5.56 Å². The summed E-state index contributed by atoms with van der Waals surface area (Å²) in [4.78, 5) is 23.7. The van der Waals surface area contributed by atoms with Crippen LogP contribution < -0.4 is 0 Å². The molecule has 1 saturated heterocycles. The number of likely N-dealkylation sites (tertiary alicyclic amines) is 1. The average molecular weight is 366 g/mol. The third-order valence-corrected chi connectivity index (χ3v) is 5.82. The SMILES string of the molecule is Cn1ccnc1C1CCN(C(=O)c2csc(Cc3ccccc3)n2)CC1. The quantitative estimate of drug-likeness (QED) is 0.710. The molecule has 1 aliphatic rings. The number of benzene rings is 1. The maximum absolute atomic E-state index is 12.8. The zero-order valence-corrected chi connectivity index (χ0v) is 15.7. The zero-order chi connectivity index (χ0) is 17.9. The van der Waals surface area contributed by atoms with Crippen LogP contribution in [0.25, 0.3) is 0 Å². The highest BCUT2D eigenvalue weighted by atomic mass is 32.1. The lowest BCUT2D eigenvalue weighted by atomic mass is 9.96. The number of aryl methyl sites for hydroxylation is 1. The van der Waals surface area contributed by atoms with Gasteiger partial charge in [-0.2, -0.15) is 0 Å². The number of carbonyl (C=O) groups is 1. The number of thiazole rings is 1. The molecule has 134 valence electrons. The van der Waals surface area contributed by atoms with Gasteiger partial charge in [0.2, 0.25) is 0 Å². The number of hydrogen-bond donors (Lipinski definition) is 0. The molecule has 0 aliphatic carbocycles. The first-order valence-electron chi connectivity index (χ1n) is 8.95. The Morgan fingerprint density at radius 2 is 2.00 bits per heavy atom. The van der Waals surface area contributed by atoms with Crippen LogP contribution >= 0.6 is 11.3 Å². The fourth-order valence-corrected chi connectivity index (χ4v) is 4.34. The molecule has 1 aliphatic heterocycles. The number of hydrogen-bond acceptors (Lipinski definition) is 4. The van der Waals surface area contributed by atoms with Crippen LogP contribution in [0.2, 0.25) is 0 Å². The van der Waals surface area contributed by atoms with Crippen molar-refractivity contribution >= 4 is 17.2 Å². The standard InChI is InChI=1S/C20H22N4OS/c1-23-12-9-21-19(23)16-7-10-24(11-8-16)20(25)17-14-26-18(22-17)13-15-5-3-2-4-6-15/h2-6,9,12,14,16H,7-8,10-11,13H2,1H3. The monoisotopic (exact) mass is 366 g/mol. The van der Waals surface area contributed by atoms with Crippen LogP contribution in [0.15, 0.2) is 48.1 Å². The molecule has 1 fully saturated rings. The molecule has 26 heavy (non-hydrogen) atoms. The van der Waals surface area contributed by atoms with Crippen molar-refractivity contribution in [2.24, 2.45) is 7.05 Å². The highest BCUT2D eigenvalue weighted by Crippen LogP contribution is 2.27. The van der Waals surface area contributed by atoms with Crippen molar-refractivity contribution in [2.45, 2.75) is 25.2 Å². The number of piperidine rings is 1. The molecule has 1 aromatic carbocycles. The van der Waals surface area contributed by atoms with E-state index in [-0.39, 0.29) is 5.91 Å². The van der Waals surface area contributed by atoms with Gasteiger partial charge in [-0.05, 0) is 18.4 Å². The van der Waals surface area contributed by atoms with E-state index in [1.54, 1.807) is 11.3 Å². The van der Waals surface area contributed by atoms with Crippen LogP contribution in [0.5, 0.6) is 0 Å². The third kappa shape index (κ3) is 3.55. The number of imidazole rings is 1. The van der Waals surface area contributed by atoms with E-state index in [0.29, 0.717) is 11.6 Å². The molecular formula is C20H22N4OS. The summed E-state index contributed by atoms with van der Waals surface area (Å²) in [6.45, 7) is 1.53. The minimum Gasteiger partial charge on any atom is -0.338 e. The lowest BCUT2D eigenvalue weighted by Crippen LogP contribution is -2.38. The molecule has 0 saturated carbocycles. The first-order valence-corrected chi connectivity index (χ1v) is 9.83. The number of carbonyl (C=O) groups excluding carboxylic acids is 1. The fourth-order valence-electron chi connectivity index (χ4n) is 3.53. The lowest BCUT2D eigenvalue weighted by Gasteiger charge is -2.31. The number of rotatable bonds is 4. The topological polar surface area (TPSA) is 51.0 Å². The second-order valence-electron chi connectivity index (χ2n) is 6.75. The van der Waals surface area contributed by atoms with E-state index in [4.69, 9.17) is 0 Å². The van der Waals surface area contributed by atoms with Crippen molar-refractivity contribution in [3.8, 4) is 0 Å². The number of aromatic nitrogens is 3. The number of nitrogens with zero attached hydrogens (tertiary/aromatic N) is 4. The van der Waals surface area contributed by atoms with Crippen molar-refractivity contribution in [3.05, 3.63) is 70.2 Å². The van der Waals surface area contributed by atoms with Crippen LogP contribution in [0.3, 0.4) is 0 Å². The van der Waals surface area contributed by atoms with Crippen LogP contribution in [-0.2, 0) is 13.5 Å². The van der Waals surface area contributed by atoms with Gasteiger partial charge in [-0.15, -0.1) is 11.3 Å². The first-order chi connectivity index (χ1) is 12.7. The van der Waals surface area contributed by atoms with Gasteiger partial charge in [0.15, 0.2) is 0 Å². The molecule has 0 bridgehead atoms. The van der Waals surface area contributed by atoms with Crippen LogP contribution in [0.1, 0.15) is 45.6 Å². The molecule has 0 radical (unpaired) electrons. The molecule has 3 heterocycles. The Morgan fingerprint density at radius 3 is 2.69 bits per heavy atom. The summed E-state index contributed by atoms with van der Waals surface area (Å²) in [5, 5.41) is 2.88. The molecule has 0 N–H and O–H groups in total. The van der Waals surface area contributed by atoms with Crippen LogP contribution in [0.4, 0.5) is 0 Å². The Kier molecular flexibility index (Phi) is 4.84. The molecule has 0 unspecified atom stereocenters. The van der Waals surface area contributed by atoms with Gasteiger partial charge in [0.25, 0.3) is 5.91 Å². The third-order valence-electron chi connectivity index (χ3n) is 4.97. The van der Waals surface area contributed by atoms with Crippen LogP contribution in [-0.4, -0.2) is 38.4 Å². The van der Waals surface area contributed by atoms with Gasteiger partial charge in [0.1, 0.15) is 11.5 Å². The summed E-state index contributed by atoms with van der Waals surface area (Å²) in [5.41, 5.74) is 1.80. The van der Waals surface area contributed by atoms with Gasteiger partial charge in [0.05, 0.1) is 5.01 Å². The van der Waals surface area contributed by atoms with E-state index in [2.05, 4.69) is 26.7 Å². The van der Waals surface area contributed by atoms with Crippen molar-refractivity contribution in [1.82, 2.24) is 19.4 Å². The summed E-state index contributed by atoms with van der Waals surface area (Å²) in [5.74, 6) is 1.61. The summed E-state index contributed by atoms with van der Waals surface area (Å²) in [7, 11) is 2.03. The smallest absolute Gasteiger partial charge is 0.273 e. The Bertz CT molecular complexity index is 878. The molecule has 5 nitrogen and oxygen atoms in total. The van der Waals surface area contributed by atoms with Crippen molar-refractivity contribution in [1.29, 1.82) is 0 Å². The van der Waals surface area contributed by atoms with E-state index in [9.17, 15) is 4.79 Å². The summed E-state index contributed by atoms with van der Waals surface area (Å²) >= 11 is 1.57. The number of amides is 1. The van der Waals surface area contributed by atoms with Crippen molar-refractivity contribution in [2.75, 3.05) is 13.1 Å². The molecule has 0 atom stereocenters. The molecule has 1 amide bonds. The second kappa shape index (κ2) is 7.41. The van der Waals surface area contributed by atoms with Gasteiger partial charge in [-0.25, -0.2) is 9.97 Å². The molecular weight excluding hydrogens is 344 g/mol. The molecule has 4 rings (SSSR count). The Labute approximate surface area is 157 Å². The summed E-state index contributed by atoms with van der Waals surface area (Å²) in [6, 6.07) is 10.2. The predicted octanol–water partition coefficient (Wildman–Crippen LogP) is 3.49. The highest BCUT2D eigenvalue weighted by Gasteiger charge is 2.27. The molecule has 2 aromatic heterocycles. The molecule has 6 heteroatoms. The summed E-state index contributed by atoms with van der Waals surface area (Å²) in [6.07, 6.45) is 6.52. The lowest BCUT2D eigenvalue weighted by molar-refractivity contribution is 0.0705. The van der Waals surface area contributed by atoms with E-state index < -0.39 is 0 Å². The Balaban J connectivity index is 1.37. The maximum atomic E-state index is 12.8. The molecule has 3 aromatic rings. The van der Waals surface area contributed by atoms with Gasteiger partial charge in [-0.1, -0.05) is 30.3 Å². The second-order valence-corrected chi connectivity index (χ2v) is 7.69. The van der Waals surface area contributed by atoms with Crippen molar-refractivity contribution in [3.63, 3.8) is 0 Å². The molecule has 0 spiro atoms. The van der Waals surface area contributed by atoms with Crippen molar-refractivity contribution < 1.29 is 4.79 Å². The highest BCUT2D eigenvalue weighted by molar-refractivity contribution is 7.09. The van der Waals surface area contributed by atoms with Gasteiger partial charge in [-0.3, -0.25) is 4.79 Å². The minimum absolute atomic E-state index is 0.0545. The Hall–Kier alpha value is -2.47. The van der Waals surface area contributed by atoms with Crippen LogP contribution in [0, 0.1) is 0 Å².